The lowest BCUT2D eigenvalue weighted by molar-refractivity contribution is -0.117. The SMILES string of the molecule is CC(=O)N1c2ncc(Br)cc2N(C(=O)OC(C)C)CC1C. The number of hydrogen-bond donors (Lipinski definition) is 0. The van der Waals surface area contributed by atoms with Crippen molar-refractivity contribution < 1.29 is 14.3 Å². The number of hydrogen-bond acceptors (Lipinski definition) is 4. The Balaban J connectivity index is 2.47. The van der Waals surface area contributed by atoms with Gasteiger partial charge < -0.3 is 4.74 Å². The molecule has 0 bridgehead atoms. The van der Waals surface area contributed by atoms with E-state index in [1.807, 2.05) is 6.92 Å². The van der Waals surface area contributed by atoms with Gasteiger partial charge in [-0.1, -0.05) is 0 Å². The number of carbonyl (C=O) groups excluding carboxylic acids is 2. The molecule has 114 valence electrons. The number of ether oxygens (including phenoxy) is 1. The van der Waals surface area contributed by atoms with Gasteiger partial charge in [0.25, 0.3) is 0 Å². The van der Waals surface area contributed by atoms with Crippen LogP contribution in [0.15, 0.2) is 16.7 Å². The van der Waals surface area contributed by atoms with E-state index in [2.05, 4.69) is 20.9 Å². The fourth-order valence-electron chi connectivity index (χ4n) is 2.36. The molecule has 7 heteroatoms. The molecule has 1 aromatic heterocycles. The van der Waals surface area contributed by atoms with E-state index >= 15 is 0 Å². The van der Waals surface area contributed by atoms with Crippen molar-refractivity contribution in [1.82, 2.24) is 4.98 Å². The predicted octanol–water partition coefficient (Wildman–Crippen LogP) is 2.95. The van der Waals surface area contributed by atoms with E-state index in [4.69, 9.17) is 4.74 Å². The Morgan fingerprint density at radius 3 is 2.71 bits per heavy atom. The summed E-state index contributed by atoms with van der Waals surface area (Å²) in [5.74, 6) is 0.376. The minimum Gasteiger partial charge on any atom is -0.446 e. The van der Waals surface area contributed by atoms with Gasteiger partial charge in [-0.2, -0.15) is 0 Å². The van der Waals surface area contributed by atoms with E-state index in [0.29, 0.717) is 18.1 Å². The molecule has 1 unspecified atom stereocenters. The van der Waals surface area contributed by atoms with Crippen molar-refractivity contribution in [1.29, 1.82) is 0 Å². The van der Waals surface area contributed by atoms with Crippen molar-refractivity contribution in [3.05, 3.63) is 16.7 Å². The highest BCUT2D eigenvalue weighted by molar-refractivity contribution is 9.10. The van der Waals surface area contributed by atoms with Crippen LogP contribution in [-0.4, -0.2) is 35.7 Å². The number of nitrogens with zero attached hydrogens (tertiary/aromatic N) is 3. The van der Waals surface area contributed by atoms with Gasteiger partial charge in [0, 0.05) is 17.6 Å². The van der Waals surface area contributed by atoms with Crippen LogP contribution in [0, 0.1) is 0 Å². The van der Waals surface area contributed by atoms with Crippen LogP contribution in [-0.2, 0) is 9.53 Å². The number of pyridine rings is 1. The third kappa shape index (κ3) is 3.18. The van der Waals surface area contributed by atoms with Gasteiger partial charge in [-0.25, -0.2) is 9.78 Å². The van der Waals surface area contributed by atoms with Crippen molar-refractivity contribution in [2.75, 3.05) is 16.3 Å². The average molecular weight is 356 g/mol. The number of anilines is 2. The zero-order valence-electron chi connectivity index (χ0n) is 12.5. The molecule has 0 aliphatic carbocycles. The Morgan fingerprint density at radius 2 is 2.14 bits per heavy atom. The molecular formula is C14H18BrN3O3. The minimum atomic E-state index is -0.429. The monoisotopic (exact) mass is 355 g/mol. The molecule has 0 spiro atoms. The number of rotatable bonds is 1. The van der Waals surface area contributed by atoms with Crippen LogP contribution in [0.1, 0.15) is 27.7 Å². The van der Waals surface area contributed by atoms with Gasteiger partial charge in [-0.05, 0) is 42.8 Å². The Kier molecular flexibility index (Phi) is 4.51. The summed E-state index contributed by atoms with van der Waals surface area (Å²) in [5, 5.41) is 0. The predicted molar refractivity (Wildman–Crippen MR) is 83.5 cm³/mol. The summed E-state index contributed by atoms with van der Waals surface area (Å²) in [6, 6.07) is 1.61. The Morgan fingerprint density at radius 1 is 1.48 bits per heavy atom. The molecule has 1 aliphatic rings. The molecular weight excluding hydrogens is 338 g/mol. The first kappa shape index (κ1) is 15.8. The molecule has 2 heterocycles. The molecule has 21 heavy (non-hydrogen) atoms. The fraction of sp³-hybridized carbons (Fsp3) is 0.500. The van der Waals surface area contributed by atoms with Crippen LogP contribution < -0.4 is 9.80 Å². The second-order valence-electron chi connectivity index (χ2n) is 5.28. The lowest BCUT2D eigenvalue weighted by Crippen LogP contribution is -2.52. The molecule has 1 atom stereocenters. The fourth-order valence-corrected chi connectivity index (χ4v) is 2.68. The number of aromatic nitrogens is 1. The average Bonchev–Trinajstić information content (AvgIpc) is 2.36. The Labute approximate surface area is 132 Å². The van der Waals surface area contributed by atoms with Crippen LogP contribution in [0.5, 0.6) is 0 Å². The zero-order valence-corrected chi connectivity index (χ0v) is 14.0. The maximum absolute atomic E-state index is 12.3. The van der Waals surface area contributed by atoms with Gasteiger partial charge in [-0.15, -0.1) is 0 Å². The number of amides is 2. The highest BCUT2D eigenvalue weighted by Crippen LogP contribution is 2.36. The van der Waals surface area contributed by atoms with Crippen LogP contribution in [0.25, 0.3) is 0 Å². The Bertz CT molecular complexity index is 577. The third-order valence-electron chi connectivity index (χ3n) is 3.12. The van der Waals surface area contributed by atoms with E-state index < -0.39 is 6.09 Å². The minimum absolute atomic E-state index is 0.101. The van der Waals surface area contributed by atoms with Crippen LogP contribution in [0.3, 0.4) is 0 Å². The van der Waals surface area contributed by atoms with Gasteiger partial charge in [0.2, 0.25) is 5.91 Å². The summed E-state index contributed by atoms with van der Waals surface area (Å²) < 4.78 is 6.01. The van der Waals surface area contributed by atoms with E-state index in [9.17, 15) is 9.59 Å². The van der Waals surface area contributed by atoms with Crippen molar-refractivity contribution in [3.63, 3.8) is 0 Å². The first-order valence-corrected chi connectivity index (χ1v) is 7.54. The van der Waals surface area contributed by atoms with E-state index in [1.165, 1.54) is 11.8 Å². The second-order valence-corrected chi connectivity index (χ2v) is 6.19. The summed E-state index contributed by atoms with van der Waals surface area (Å²) in [5.41, 5.74) is 0.573. The highest BCUT2D eigenvalue weighted by Gasteiger charge is 2.35. The highest BCUT2D eigenvalue weighted by atomic mass is 79.9. The first-order chi connectivity index (χ1) is 9.81. The number of fused-ring (bicyclic) bond motifs is 1. The molecule has 6 nitrogen and oxygen atoms in total. The van der Waals surface area contributed by atoms with Crippen LogP contribution in [0.4, 0.5) is 16.3 Å². The van der Waals surface area contributed by atoms with Gasteiger partial charge in [0.1, 0.15) is 0 Å². The number of carbonyl (C=O) groups is 2. The summed E-state index contributed by atoms with van der Waals surface area (Å²) in [4.78, 5) is 31.5. The van der Waals surface area contributed by atoms with Crippen LogP contribution >= 0.6 is 15.9 Å². The van der Waals surface area contributed by atoms with E-state index in [1.54, 1.807) is 31.0 Å². The molecule has 0 fully saturated rings. The molecule has 0 aromatic carbocycles. The van der Waals surface area contributed by atoms with E-state index in [-0.39, 0.29) is 18.1 Å². The summed E-state index contributed by atoms with van der Waals surface area (Å²) >= 11 is 3.35. The standard InChI is InChI=1S/C14H18BrN3O3/c1-8(2)21-14(20)17-7-9(3)18(10(4)19)13-12(17)5-11(15)6-16-13/h5-6,8-9H,7H2,1-4H3. The number of halogens is 1. The molecule has 0 N–H and O–H groups in total. The summed E-state index contributed by atoms with van der Waals surface area (Å²) in [6.07, 6.45) is 0.974. The second kappa shape index (κ2) is 6.01. The van der Waals surface area contributed by atoms with Crippen molar-refractivity contribution >= 4 is 39.4 Å². The van der Waals surface area contributed by atoms with Crippen molar-refractivity contribution in [2.45, 2.75) is 39.8 Å². The van der Waals surface area contributed by atoms with Gasteiger partial charge in [0.05, 0.1) is 24.4 Å². The van der Waals surface area contributed by atoms with Crippen molar-refractivity contribution in [3.8, 4) is 0 Å². The molecule has 2 rings (SSSR count). The van der Waals surface area contributed by atoms with E-state index in [0.717, 1.165) is 4.47 Å². The topological polar surface area (TPSA) is 62.7 Å². The first-order valence-electron chi connectivity index (χ1n) is 6.74. The summed E-state index contributed by atoms with van der Waals surface area (Å²) in [7, 11) is 0. The van der Waals surface area contributed by atoms with Crippen LogP contribution in [0.2, 0.25) is 0 Å². The van der Waals surface area contributed by atoms with Crippen molar-refractivity contribution in [2.24, 2.45) is 0 Å². The van der Waals surface area contributed by atoms with Gasteiger partial charge >= 0.3 is 6.09 Å². The summed E-state index contributed by atoms with van der Waals surface area (Å²) in [6.45, 7) is 7.34. The maximum atomic E-state index is 12.3. The maximum Gasteiger partial charge on any atom is 0.414 e. The quantitative estimate of drug-likeness (QED) is 0.776. The Hall–Kier alpha value is -1.63. The molecule has 0 saturated carbocycles. The largest absolute Gasteiger partial charge is 0.446 e. The normalized spacial score (nSPS) is 17.7. The molecule has 0 saturated heterocycles. The molecule has 1 aliphatic heterocycles. The molecule has 0 radical (unpaired) electrons. The molecule has 1 aromatic rings. The van der Waals surface area contributed by atoms with Gasteiger partial charge in [0.15, 0.2) is 5.82 Å². The molecule has 2 amide bonds. The third-order valence-corrected chi connectivity index (χ3v) is 3.55. The lowest BCUT2D eigenvalue weighted by Gasteiger charge is -2.39. The zero-order chi connectivity index (χ0) is 15.7. The smallest absolute Gasteiger partial charge is 0.414 e. The lowest BCUT2D eigenvalue weighted by atomic mass is 10.1. The van der Waals surface area contributed by atoms with Gasteiger partial charge in [-0.3, -0.25) is 14.6 Å².